The van der Waals surface area contributed by atoms with Gasteiger partial charge in [0.15, 0.2) is 0 Å². The molecule has 0 aromatic rings. The lowest BCUT2D eigenvalue weighted by molar-refractivity contribution is 0.0518. The first-order valence-electron chi connectivity index (χ1n) is 6.62. The Kier molecular flexibility index (Phi) is 7.25. The quantitative estimate of drug-likeness (QED) is 0.722. The summed E-state index contributed by atoms with van der Waals surface area (Å²) in [5.74, 6) is 0.701. The highest BCUT2D eigenvalue weighted by atomic mass is 16.5. The maximum absolute atomic E-state index is 5.71. The Balaban J connectivity index is 4.11. The van der Waals surface area contributed by atoms with Crippen LogP contribution in [0.5, 0.6) is 0 Å². The molecule has 0 saturated carbocycles. The van der Waals surface area contributed by atoms with E-state index in [-0.39, 0.29) is 0 Å². The van der Waals surface area contributed by atoms with Gasteiger partial charge in [-0.2, -0.15) is 0 Å². The van der Waals surface area contributed by atoms with E-state index >= 15 is 0 Å². The Morgan fingerprint density at radius 1 is 1.12 bits per heavy atom. The number of ether oxygens (including phenoxy) is 1. The predicted octanol–water partition coefficient (Wildman–Crippen LogP) is 3.46. The number of rotatable bonds is 7. The van der Waals surface area contributed by atoms with E-state index in [2.05, 4.69) is 53.8 Å². The molecule has 0 bridgehead atoms. The Hall–Kier alpha value is -0.0800. The van der Waals surface area contributed by atoms with Crippen molar-refractivity contribution < 1.29 is 4.74 Å². The maximum Gasteiger partial charge on any atom is 0.0623 e. The topological polar surface area (TPSA) is 21.3 Å². The molecule has 98 valence electrons. The molecule has 0 aromatic heterocycles. The first-order chi connectivity index (χ1) is 7.27. The Morgan fingerprint density at radius 2 is 1.69 bits per heavy atom. The zero-order valence-electron chi connectivity index (χ0n) is 12.3. The fraction of sp³-hybridized carbons (Fsp3) is 1.00. The van der Waals surface area contributed by atoms with Gasteiger partial charge in [-0.1, -0.05) is 34.6 Å². The van der Waals surface area contributed by atoms with Crippen LogP contribution >= 0.6 is 0 Å². The maximum atomic E-state index is 5.71. The van der Waals surface area contributed by atoms with Gasteiger partial charge in [-0.05, 0) is 38.1 Å². The van der Waals surface area contributed by atoms with Gasteiger partial charge in [0.2, 0.25) is 0 Å². The van der Waals surface area contributed by atoms with Crippen LogP contribution in [0.3, 0.4) is 0 Å². The third-order valence-electron chi connectivity index (χ3n) is 3.24. The summed E-state index contributed by atoms with van der Waals surface area (Å²) in [6.45, 7) is 17.4. The van der Waals surface area contributed by atoms with Crippen molar-refractivity contribution in [1.29, 1.82) is 0 Å². The average molecular weight is 229 g/mol. The fourth-order valence-corrected chi connectivity index (χ4v) is 1.59. The molecule has 0 rings (SSSR count). The first-order valence-corrected chi connectivity index (χ1v) is 6.62. The summed E-state index contributed by atoms with van der Waals surface area (Å²) in [5, 5.41) is 3.52. The highest BCUT2D eigenvalue weighted by Crippen LogP contribution is 2.29. The van der Waals surface area contributed by atoms with E-state index in [1.165, 1.54) is 6.42 Å². The van der Waals surface area contributed by atoms with Crippen molar-refractivity contribution in [1.82, 2.24) is 5.32 Å². The zero-order valence-corrected chi connectivity index (χ0v) is 12.3. The van der Waals surface area contributed by atoms with Gasteiger partial charge in [-0.15, -0.1) is 0 Å². The Bertz CT molecular complexity index is 172. The molecule has 0 radical (unpaired) electrons. The number of likely N-dealkylation sites (N-methyl/N-ethyl adjacent to an activating group) is 1. The second-order valence-electron chi connectivity index (χ2n) is 6.14. The molecule has 0 saturated heterocycles. The van der Waals surface area contributed by atoms with Gasteiger partial charge in [0.05, 0.1) is 12.7 Å². The number of nitrogens with one attached hydrogen (secondary N) is 1. The molecule has 2 atom stereocenters. The molecule has 0 heterocycles. The Morgan fingerprint density at radius 3 is 2.06 bits per heavy atom. The minimum absolute atomic E-state index is 0.325. The molecule has 0 spiro atoms. The van der Waals surface area contributed by atoms with Gasteiger partial charge in [0.1, 0.15) is 0 Å². The van der Waals surface area contributed by atoms with Crippen molar-refractivity contribution in [3.8, 4) is 0 Å². The molecule has 0 aliphatic carbocycles. The Labute approximate surface area is 102 Å². The van der Waals surface area contributed by atoms with Crippen molar-refractivity contribution in [2.24, 2.45) is 11.3 Å². The normalized spacial score (nSPS) is 16.5. The van der Waals surface area contributed by atoms with E-state index in [0.717, 1.165) is 13.2 Å². The molecule has 0 fully saturated rings. The fourth-order valence-electron chi connectivity index (χ4n) is 1.59. The largest absolute Gasteiger partial charge is 0.377 e. The van der Waals surface area contributed by atoms with Crippen LogP contribution in [-0.4, -0.2) is 25.3 Å². The van der Waals surface area contributed by atoms with Gasteiger partial charge < -0.3 is 10.1 Å². The van der Waals surface area contributed by atoms with Gasteiger partial charge in [-0.3, -0.25) is 0 Å². The molecule has 16 heavy (non-hydrogen) atoms. The summed E-state index contributed by atoms with van der Waals surface area (Å²) >= 11 is 0. The van der Waals surface area contributed by atoms with Crippen molar-refractivity contribution in [2.45, 2.75) is 67.0 Å². The van der Waals surface area contributed by atoms with Crippen LogP contribution in [0.1, 0.15) is 54.9 Å². The van der Waals surface area contributed by atoms with Crippen molar-refractivity contribution in [2.75, 3.05) is 13.2 Å². The van der Waals surface area contributed by atoms with Crippen LogP contribution in [0, 0.1) is 11.3 Å². The molecular weight excluding hydrogens is 198 g/mol. The van der Waals surface area contributed by atoms with Crippen LogP contribution in [0.2, 0.25) is 0 Å². The van der Waals surface area contributed by atoms with Crippen molar-refractivity contribution in [3.63, 3.8) is 0 Å². The van der Waals surface area contributed by atoms with Crippen LogP contribution in [0.15, 0.2) is 0 Å². The first kappa shape index (κ1) is 15.9. The molecule has 0 amide bonds. The third-order valence-corrected chi connectivity index (χ3v) is 3.24. The van der Waals surface area contributed by atoms with Gasteiger partial charge in [0.25, 0.3) is 0 Å². The molecular formula is C14H31NO. The van der Waals surface area contributed by atoms with Gasteiger partial charge in [0, 0.05) is 6.04 Å². The second kappa shape index (κ2) is 7.29. The minimum Gasteiger partial charge on any atom is -0.377 e. The minimum atomic E-state index is 0.325. The molecule has 0 aromatic carbocycles. The highest BCUT2D eigenvalue weighted by Gasteiger charge is 2.23. The average Bonchev–Trinajstić information content (AvgIpc) is 2.12. The molecule has 2 unspecified atom stereocenters. The van der Waals surface area contributed by atoms with E-state index in [1.807, 2.05) is 0 Å². The molecule has 0 aliphatic heterocycles. The summed E-state index contributed by atoms with van der Waals surface area (Å²) < 4.78 is 5.71. The smallest absolute Gasteiger partial charge is 0.0623 e. The van der Waals surface area contributed by atoms with Gasteiger partial charge in [-0.25, -0.2) is 0 Å². The van der Waals surface area contributed by atoms with Crippen molar-refractivity contribution in [3.05, 3.63) is 0 Å². The summed E-state index contributed by atoms with van der Waals surface area (Å²) in [6.07, 6.45) is 1.51. The van der Waals surface area contributed by atoms with Crippen LogP contribution in [0.25, 0.3) is 0 Å². The molecule has 0 aliphatic rings. The highest BCUT2D eigenvalue weighted by molar-refractivity contribution is 4.76. The number of hydrogen-bond donors (Lipinski definition) is 1. The van der Waals surface area contributed by atoms with E-state index < -0.39 is 0 Å². The molecule has 2 nitrogen and oxygen atoms in total. The van der Waals surface area contributed by atoms with E-state index in [1.54, 1.807) is 0 Å². The SMILES string of the molecule is CCNC(COC(C)C)CC(C)C(C)(C)C. The van der Waals surface area contributed by atoms with E-state index in [0.29, 0.717) is 23.5 Å². The summed E-state index contributed by atoms with van der Waals surface area (Å²) in [5.41, 5.74) is 0.380. The third kappa shape index (κ3) is 7.24. The van der Waals surface area contributed by atoms with E-state index in [4.69, 9.17) is 4.74 Å². The summed E-state index contributed by atoms with van der Waals surface area (Å²) in [7, 11) is 0. The summed E-state index contributed by atoms with van der Waals surface area (Å²) in [4.78, 5) is 0. The lowest BCUT2D eigenvalue weighted by Crippen LogP contribution is -2.37. The summed E-state index contributed by atoms with van der Waals surface area (Å²) in [6, 6.07) is 0.488. The zero-order chi connectivity index (χ0) is 12.8. The number of hydrogen-bond acceptors (Lipinski definition) is 2. The molecule has 2 heteroatoms. The van der Waals surface area contributed by atoms with Gasteiger partial charge >= 0.3 is 0 Å². The lowest BCUT2D eigenvalue weighted by Gasteiger charge is -2.31. The lowest BCUT2D eigenvalue weighted by atomic mass is 9.78. The van der Waals surface area contributed by atoms with Crippen LogP contribution < -0.4 is 5.32 Å². The van der Waals surface area contributed by atoms with Crippen LogP contribution in [0.4, 0.5) is 0 Å². The van der Waals surface area contributed by atoms with Crippen LogP contribution in [-0.2, 0) is 4.74 Å². The van der Waals surface area contributed by atoms with Crippen molar-refractivity contribution >= 4 is 0 Å². The van der Waals surface area contributed by atoms with E-state index in [9.17, 15) is 0 Å². The monoisotopic (exact) mass is 229 g/mol. The predicted molar refractivity (Wildman–Crippen MR) is 71.8 cm³/mol. The second-order valence-corrected chi connectivity index (χ2v) is 6.14. The molecule has 1 N–H and O–H groups in total. The standard InChI is InChI=1S/C14H31NO/c1-8-15-13(10-16-11(2)3)9-12(4)14(5,6)7/h11-13,15H,8-10H2,1-7H3.